The van der Waals surface area contributed by atoms with Crippen molar-refractivity contribution in [2.24, 2.45) is 0 Å². The second-order valence-electron chi connectivity index (χ2n) is 3.02. The minimum atomic E-state index is -0.514. The van der Waals surface area contributed by atoms with Crippen LogP contribution in [0.25, 0.3) is 0 Å². The molecule has 0 N–H and O–H groups in total. The summed E-state index contributed by atoms with van der Waals surface area (Å²) in [6, 6.07) is 4.53. The second-order valence-corrected chi connectivity index (χ2v) is 3.02. The third kappa shape index (κ3) is 1.80. The molecule has 0 spiro atoms. The lowest BCUT2D eigenvalue weighted by atomic mass is 10.0. The largest absolute Gasteiger partial charge is 0.295 e. The summed E-state index contributed by atoms with van der Waals surface area (Å²) in [5.74, 6) is -0.670. The van der Waals surface area contributed by atoms with Crippen molar-refractivity contribution in [2.45, 2.75) is 20.3 Å². The molecule has 0 atom stereocenters. The predicted molar refractivity (Wildman–Crippen MR) is 50.5 cm³/mol. The van der Waals surface area contributed by atoms with Crippen molar-refractivity contribution in [1.82, 2.24) is 0 Å². The Kier molecular flexibility index (Phi) is 2.98. The Balaban J connectivity index is 3.41. The highest BCUT2D eigenvalue weighted by atomic mass is 19.1. The third-order valence-electron chi connectivity index (χ3n) is 2.06. The highest BCUT2D eigenvalue weighted by molar-refractivity contribution is 5.94. The van der Waals surface area contributed by atoms with Gasteiger partial charge in [0.25, 0.3) is 0 Å². The van der Waals surface area contributed by atoms with Gasteiger partial charge in [0.2, 0.25) is 0 Å². The molecule has 0 aliphatic rings. The van der Waals surface area contributed by atoms with Gasteiger partial charge < -0.3 is 0 Å². The second kappa shape index (κ2) is 4.01. The summed E-state index contributed by atoms with van der Waals surface area (Å²) in [6.07, 6.45) is 0.474. The standard InChI is InChI=1S/C11H10FNO/c1-3-8-4-9(7(2)14)5-10(6-13)11(8)12/h4-5H,3H2,1-2H3. The van der Waals surface area contributed by atoms with E-state index >= 15 is 0 Å². The minimum Gasteiger partial charge on any atom is -0.295 e. The highest BCUT2D eigenvalue weighted by Gasteiger charge is 2.11. The van der Waals surface area contributed by atoms with Crippen LogP contribution in [0, 0.1) is 17.1 Å². The number of halogens is 1. The summed E-state index contributed by atoms with van der Waals surface area (Å²) in [5.41, 5.74) is 0.739. The Morgan fingerprint density at radius 2 is 2.21 bits per heavy atom. The van der Waals surface area contributed by atoms with E-state index in [2.05, 4.69) is 0 Å². The summed E-state index contributed by atoms with van der Waals surface area (Å²) in [4.78, 5) is 11.1. The van der Waals surface area contributed by atoms with Gasteiger partial charge in [0.05, 0.1) is 5.56 Å². The van der Waals surface area contributed by atoms with Crippen LogP contribution in [-0.4, -0.2) is 5.78 Å². The van der Waals surface area contributed by atoms with Crippen molar-refractivity contribution in [2.75, 3.05) is 0 Å². The van der Waals surface area contributed by atoms with E-state index in [9.17, 15) is 9.18 Å². The maximum absolute atomic E-state index is 13.4. The number of hydrogen-bond donors (Lipinski definition) is 0. The lowest BCUT2D eigenvalue weighted by Crippen LogP contribution is -1.99. The Morgan fingerprint density at radius 1 is 1.57 bits per heavy atom. The SMILES string of the molecule is CCc1cc(C(C)=O)cc(C#N)c1F. The van der Waals surface area contributed by atoms with Gasteiger partial charge in [0, 0.05) is 5.56 Å². The molecule has 0 amide bonds. The van der Waals surface area contributed by atoms with Gasteiger partial charge in [-0.25, -0.2) is 4.39 Å². The molecule has 3 heteroatoms. The lowest BCUT2D eigenvalue weighted by Gasteiger charge is -2.04. The van der Waals surface area contributed by atoms with Gasteiger partial charge in [-0.2, -0.15) is 5.26 Å². The first-order valence-electron chi connectivity index (χ1n) is 4.33. The predicted octanol–water partition coefficient (Wildman–Crippen LogP) is 2.46. The molecule has 0 heterocycles. The van der Waals surface area contributed by atoms with E-state index in [1.807, 2.05) is 0 Å². The van der Waals surface area contributed by atoms with Gasteiger partial charge in [-0.3, -0.25) is 4.79 Å². The molecule has 0 bridgehead atoms. The summed E-state index contributed by atoms with van der Waals surface area (Å²) in [6.45, 7) is 3.18. The first-order valence-corrected chi connectivity index (χ1v) is 4.33. The molecule has 14 heavy (non-hydrogen) atoms. The van der Waals surface area contributed by atoms with E-state index < -0.39 is 5.82 Å². The molecule has 72 valence electrons. The van der Waals surface area contributed by atoms with E-state index in [0.717, 1.165) is 0 Å². The number of nitriles is 1. The molecule has 0 fully saturated rings. The Labute approximate surface area is 82.0 Å². The number of carbonyl (C=O) groups excluding carboxylic acids is 1. The van der Waals surface area contributed by atoms with E-state index in [0.29, 0.717) is 17.5 Å². The van der Waals surface area contributed by atoms with Gasteiger partial charge in [-0.05, 0) is 31.0 Å². The van der Waals surface area contributed by atoms with Crippen LogP contribution < -0.4 is 0 Å². The van der Waals surface area contributed by atoms with Crippen molar-refractivity contribution >= 4 is 5.78 Å². The Bertz CT molecular complexity index is 418. The number of Topliss-reactive ketones (excluding diaryl/α,β-unsaturated/α-hetero) is 1. The minimum absolute atomic E-state index is 0.0606. The molecule has 0 saturated heterocycles. The molecule has 0 radical (unpaired) electrons. The van der Waals surface area contributed by atoms with Crippen LogP contribution in [-0.2, 0) is 6.42 Å². The molecule has 1 aromatic carbocycles. The maximum atomic E-state index is 13.4. The molecule has 1 aromatic rings. The molecule has 0 saturated carbocycles. The fraction of sp³-hybridized carbons (Fsp3) is 0.273. The molecular formula is C11H10FNO. The van der Waals surface area contributed by atoms with Gasteiger partial charge in [-0.1, -0.05) is 6.92 Å². The fourth-order valence-electron chi connectivity index (χ4n) is 1.23. The van der Waals surface area contributed by atoms with Crippen LogP contribution in [0.15, 0.2) is 12.1 Å². The van der Waals surface area contributed by atoms with Crippen molar-refractivity contribution in [3.8, 4) is 6.07 Å². The van der Waals surface area contributed by atoms with Crippen molar-refractivity contribution < 1.29 is 9.18 Å². The number of aryl methyl sites for hydroxylation is 1. The summed E-state index contributed by atoms with van der Waals surface area (Å²) in [7, 11) is 0. The Morgan fingerprint density at radius 3 is 2.64 bits per heavy atom. The van der Waals surface area contributed by atoms with E-state index in [1.165, 1.54) is 19.1 Å². The smallest absolute Gasteiger partial charge is 0.159 e. The number of hydrogen-bond acceptors (Lipinski definition) is 2. The van der Waals surface area contributed by atoms with Crippen LogP contribution in [0.2, 0.25) is 0 Å². The van der Waals surface area contributed by atoms with Crippen LogP contribution in [0.3, 0.4) is 0 Å². The van der Waals surface area contributed by atoms with E-state index in [1.54, 1.807) is 13.0 Å². The molecule has 1 rings (SSSR count). The number of ketones is 1. The van der Waals surface area contributed by atoms with Gasteiger partial charge >= 0.3 is 0 Å². The van der Waals surface area contributed by atoms with Crippen LogP contribution in [0.4, 0.5) is 4.39 Å². The van der Waals surface area contributed by atoms with Gasteiger partial charge in [-0.15, -0.1) is 0 Å². The van der Waals surface area contributed by atoms with Crippen molar-refractivity contribution in [1.29, 1.82) is 5.26 Å². The maximum Gasteiger partial charge on any atom is 0.159 e. The third-order valence-corrected chi connectivity index (χ3v) is 2.06. The number of carbonyl (C=O) groups is 1. The van der Waals surface area contributed by atoms with Gasteiger partial charge in [0.15, 0.2) is 5.78 Å². The number of nitrogens with zero attached hydrogens (tertiary/aromatic N) is 1. The molecule has 0 aliphatic heterocycles. The highest BCUT2D eigenvalue weighted by Crippen LogP contribution is 2.16. The first kappa shape index (κ1) is 10.4. The van der Waals surface area contributed by atoms with Crippen molar-refractivity contribution in [3.63, 3.8) is 0 Å². The van der Waals surface area contributed by atoms with Crippen molar-refractivity contribution in [3.05, 3.63) is 34.6 Å². The number of rotatable bonds is 2. The van der Waals surface area contributed by atoms with Crippen LogP contribution in [0.1, 0.15) is 35.3 Å². The Hall–Kier alpha value is -1.69. The normalized spacial score (nSPS) is 9.57. The average Bonchev–Trinajstić information content (AvgIpc) is 2.17. The summed E-state index contributed by atoms with van der Waals surface area (Å²) in [5, 5.41) is 8.64. The topological polar surface area (TPSA) is 40.9 Å². The van der Waals surface area contributed by atoms with E-state index in [4.69, 9.17) is 5.26 Å². The molecule has 2 nitrogen and oxygen atoms in total. The molecule has 0 aliphatic carbocycles. The fourth-order valence-corrected chi connectivity index (χ4v) is 1.23. The number of benzene rings is 1. The lowest BCUT2D eigenvalue weighted by molar-refractivity contribution is 0.101. The van der Waals surface area contributed by atoms with Gasteiger partial charge in [0.1, 0.15) is 11.9 Å². The molecular weight excluding hydrogens is 181 g/mol. The summed E-state index contributed by atoms with van der Waals surface area (Å²) >= 11 is 0. The van der Waals surface area contributed by atoms with Crippen LogP contribution in [0.5, 0.6) is 0 Å². The monoisotopic (exact) mass is 191 g/mol. The van der Waals surface area contributed by atoms with E-state index in [-0.39, 0.29) is 11.3 Å². The zero-order valence-corrected chi connectivity index (χ0v) is 8.10. The molecule has 0 unspecified atom stereocenters. The summed E-state index contributed by atoms with van der Waals surface area (Å²) < 4.78 is 13.4. The zero-order valence-electron chi connectivity index (χ0n) is 8.10. The first-order chi connectivity index (χ1) is 6.60. The quantitative estimate of drug-likeness (QED) is 0.674. The molecule has 0 aromatic heterocycles. The zero-order chi connectivity index (χ0) is 10.7. The van der Waals surface area contributed by atoms with Crippen LogP contribution >= 0.6 is 0 Å². The average molecular weight is 191 g/mol.